The fourth-order valence-electron chi connectivity index (χ4n) is 6.27. The van der Waals surface area contributed by atoms with E-state index in [2.05, 4.69) is 19.6 Å². The van der Waals surface area contributed by atoms with Gasteiger partial charge in [-0.25, -0.2) is 0 Å². The Morgan fingerprint density at radius 1 is 1.05 bits per heavy atom. The van der Waals surface area contributed by atoms with E-state index in [4.69, 9.17) is 0 Å². The van der Waals surface area contributed by atoms with Gasteiger partial charge in [0.05, 0.1) is 0 Å². The zero-order chi connectivity index (χ0) is 13.0. The maximum atomic E-state index is 4.20. The van der Waals surface area contributed by atoms with Gasteiger partial charge in [-0.2, -0.15) is 0 Å². The van der Waals surface area contributed by atoms with Crippen molar-refractivity contribution in [3.05, 3.63) is 23.8 Å². The standard InChI is InChI=1S/C19H28.H2O/c1-13-5-7-15-14(12-13)6-8-17-16(15)9-11-19(2)10-3-4-18(17)19;/h12,15-18H,1,3-11H2,2H3;1H2/t15?,16?,17?,18?,19-;/m0./s1. The monoisotopic (exact) mass is 274 g/mol. The molecule has 0 aromatic carbocycles. The van der Waals surface area contributed by atoms with Gasteiger partial charge in [0.2, 0.25) is 0 Å². The van der Waals surface area contributed by atoms with E-state index in [1.807, 2.05) is 0 Å². The third-order valence-corrected chi connectivity index (χ3v) is 7.20. The fraction of sp³-hybridized carbons (Fsp3) is 0.789. The molecule has 0 aromatic heterocycles. The predicted molar refractivity (Wildman–Crippen MR) is 84.5 cm³/mol. The summed E-state index contributed by atoms with van der Waals surface area (Å²) in [6.07, 6.45) is 15.6. The van der Waals surface area contributed by atoms with Crippen LogP contribution in [-0.4, -0.2) is 5.48 Å². The fourth-order valence-corrected chi connectivity index (χ4v) is 6.27. The Morgan fingerprint density at radius 3 is 2.75 bits per heavy atom. The Hall–Kier alpha value is -0.560. The van der Waals surface area contributed by atoms with E-state index in [0.29, 0.717) is 0 Å². The Labute approximate surface area is 123 Å². The van der Waals surface area contributed by atoms with Crippen LogP contribution in [0.2, 0.25) is 0 Å². The van der Waals surface area contributed by atoms with Crippen molar-refractivity contribution >= 4 is 0 Å². The molecule has 112 valence electrons. The zero-order valence-electron chi connectivity index (χ0n) is 13.0. The first-order valence-corrected chi connectivity index (χ1v) is 8.56. The minimum absolute atomic E-state index is 0. The van der Waals surface area contributed by atoms with Gasteiger partial charge in [-0.1, -0.05) is 37.1 Å². The van der Waals surface area contributed by atoms with Crippen LogP contribution >= 0.6 is 0 Å². The lowest BCUT2D eigenvalue weighted by molar-refractivity contribution is -0.000171. The summed E-state index contributed by atoms with van der Waals surface area (Å²) in [5.41, 5.74) is 3.89. The molecule has 5 atom stereocenters. The Kier molecular flexibility index (Phi) is 3.61. The van der Waals surface area contributed by atoms with Gasteiger partial charge in [0, 0.05) is 0 Å². The second-order valence-corrected chi connectivity index (χ2v) is 8.08. The highest BCUT2D eigenvalue weighted by atomic mass is 16.0. The maximum Gasteiger partial charge on any atom is -0.0166 e. The molecular formula is C19H30O. The van der Waals surface area contributed by atoms with Crippen LogP contribution in [0, 0.1) is 29.1 Å². The summed E-state index contributed by atoms with van der Waals surface area (Å²) in [4.78, 5) is 0. The minimum atomic E-state index is 0. The molecule has 3 fully saturated rings. The summed E-state index contributed by atoms with van der Waals surface area (Å²) in [5, 5.41) is 0. The van der Waals surface area contributed by atoms with Crippen molar-refractivity contribution < 1.29 is 5.48 Å². The molecule has 0 amide bonds. The van der Waals surface area contributed by atoms with E-state index < -0.39 is 0 Å². The molecule has 0 spiro atoms. The Bertz CT molecular complexity index is 435. The molecule has 1 heteroatoms. The van der Waals surface area contributed by atoms with Gasteiger partial charge >= 0.3 is 0 Å². The first-order chi connectivity index (χ1) is 9.17. The van der Waals surface area contributed by atoms with Gasteiger partial charge in [0.1, 0.15) is 0 Å². The van der Waals surface area contributed by atoms with Crippen LogP contribution in [0.5, 0.6) is 0 Å². The van der Waals surface area contributed by atoms with Crippen molar-refractivity contribution in [3.8, 4) is 0 Å². The van der Waals surface area contributed by atoms with Crippen LogP contribution in [0.3, 0.4) is 0 Å². The predicted octanol–water partition coefficient (Wildman–Crippen LogP) is 4.68. The first-order valence-electron chi connectivity index (χ1n) is 8.56. The third kappa shape index (κ3) is 2.01. The molecule has 0 saturated heterocycles. The van der Waals surface area contributed by atoms with Crippen molar-refractivity contribution in [3.63, 3.8) is 0 Å². The average Bonchev–Trinajstić information content (AvgIpc) is 2.79. The molecule has 0 bridgehead atoms. The second-order valence-electron chi connectivity index (χ2n) is 8.08. The Balaban J connectivity index is 0.00000121. The Morgan fingerprint density at radius 2 is 1.90 bits per heavy atom. The molecule has 1 nitrogen and oxygen atoms in total. The van der Waals surface area contributed by atoms with E-state index in [9.17, 15) is 0 Å². The SMILES string of the molecule is C=C1C=C2CCC3C(CC[C@]4(C)CCCC34)C2CC1.O. The van der Waals surface area contributed by atoms with Gasteiger partial charge in [0.25, 0.3) is 0 Å². The lowest BCUT2D eigenvalue weighted by Crippen LogP contribution is -2.44. The molecule has 4 rings (SSSR count). The van der Waals surface area contributed by atoms with E-state index in [1.165, 1.54) is 63.4 Å². The molecule has 0 radical (unpaired) electrons. The number of rotatable bonds is 0. The van der Waals surface area contributed by atoms with Crippen molar-refractivity contribution in [2.75, 3.05) is 0 Å². The molecule has 0 heterocycles. The lowest BCUT2D eigenvalue weighted by atomic mass is 9.52. The van der Waals surface area contributed by atoms with Gasteiger partial charge < -0.3 is 5.48 Å². The average molecular weight is 274 g/mol. The number of fused-ring (bicyclic) bond motifs is 5. The van der Waals surface area contributed by atoms with Crippen molar-refractivity contribution in [2.24, 2.45) is 29.1 Å². The number of hydrogen-bond acceptors (Lipinski definition) is 0. The minimum Gasteiger partial charge on any atom is -0.412 e. The van der Waals surface area contributed by atoms with Crippen molar-refractivity contribution in [1.29, 1.82) is 0 Å². The summed E-state index contributed by atoms with van der Waals surface area (Å²) < 4.78 is 0. The number of hydrogen-bond donors (Lipinski definition) is 0. The molecular weight excluding hydrogens is 244 g/mol. The van der Waals surface area contributed by atoms with E-state index in [0.717, 1.165) is 29.1 Å². The molecule has 0 aliphatic heterocycles. The molecule has 0 aromatic rings. The van der Waals surface area contributed by atoms with Crippen LogP contribution in [0.25, 0.3) is 0 Å². The summed E-state index contributed by atoms with van der Waals surface area (Å²) in [6.45, 7) is 6.80. The molecule has 4 aliphatic carbocycles. The zero-order valence-corrected chi connectivity index (χ0v) is 13.0. The van der Waals surface area contributed by atoms with E-state index in [1.54, 1.807) is 5.57 Å². The van der Waals surface area contributed by atoms with Crippen molar-refractivity contribution in [1.82, 2.24) is 0 Å². The topological polar surface area (TPSA) is 31.5 Å². The van der Waals surface area contributed by atoms with Crippen LogP contribution in [0.4, 0.5) is 0 Å². The van der Waals surface area contributed by atoms with Crippen LogP contribution < -0.4 is 0 Å². The molecule has 3 saturated carbocycles. The first kappa shape index (κ1) is 14.4. The van der Waals surface area contributed by atoms with Gasteiger partial charge in [0.15, 0.2) is 0 Å². The number of allylic oxidation sites excluding steroid dienone is 3. The van der Waals surface area contributed by atoms with Crippen LogP contribution in [0.15, 0.2) is 23.8 Å². The van der Waals surface area contributed by atoms with Crippen molar-refractivity contribution in [2.45, 2.75) is 64.7 Å². The normalized spacial score (nSPS) is 46.6. The molecule has 4 unspecified atom stereocenters. The van der Waals surface area contributed by atoms with Crippen LogP contribution in [-0.2, 0) is 0 Å². The molecule has 4 aliphatic rings. The lowest BCUT2D eigenvalue weighted by Gasteiger charge is -2.53. The summed E-state index contributed by atoms with van der Waals surface area (Å²) in [5.74, 6) is 4.10. The highest BCUT2D eigenvalue weighted by molar-refractivity contribution is 5.29. The van der Waals surface area contributed by atoms with Gasteiger partial charge in [-0.15, -0.1) is 0 Å². The summed E-state index contributed by atoms with van der Waals surface area (Å²) in [7, 11) is 0. The highest BCUT2D eigenvalue weighted by Crippen LogP contribution is 2.61. The van der Waals surface area contributed by atoms with E-state index in [-0.39, 0.29) is 5.48 Å². The van der Waals surface area contributed by atoms with Gasteiger partial charge in [-0.3, -0.25) is 0 Å². The second kappa shape index (κ2) is 5.02. The largest absolute Gasteiger partial charge is 0.412 e. The molecule has 20 heavy (non-hydrogen) atoms. The van der Waals surface area contributed by atoms with E-state index >= 15 is 0 Å². The maximum absolute atomic E-state index is 4.20. The highest BCUT2D eigenvalue weighted by Gasteiger charge is 2.52. The summed E-state index contributed by atoms with van der Waals surface area (Å²) in [6, 6.07) is 0. The summed E-state index contributed by atoms with van der Waals surface area (Å²) >= 11 is 0. The van der Waals surface area contributed by atoms with Crippen LogP contribution in [0.1, 0.15) is 64.7 Å². The van der Waals surface area contributed by atoms with Gasteiger partial charge in [-0.05, 0) is 80.5 Å². The third-order valence-electron chi connectivity index (χ3n) is 7.20. The molecule has 2 N–H and O–H groups in total. The smallest absolute Gasteiger partial charge is 0.0166 e. The quantitative estimate of drug-likeness (QED) is 0.614.